The quantitative estimate of drug-likeness (QED) is 0.367. The minimum Gasteiger partial charge on any atom is -0.461 e. The van der Waals surface area contributed by atoms with Crippen LogP contribution in [-0.2, 0) is 4.74 Å². The molecule has 6 nitrogen and oxygen atoms in total. The number of hydrogen-bond donors (Lipinski definition) is 3. The molecule has 86 valence electrons. The van der Waals surface area contributed by atoms with Gasteiger partial charge in [-0.1, -0.05) is 0 Å². The zero-order valence-electron chi connectivity index (χ0n) is 8.72. The van der Waals surface area contributed by atoms with E-state index in [1.54, 1.807) is 24.3 Å². The van der Waals surface area contributed by atoms with Gasteiger partial charge in [0.1, 0.15) is 6.61 Å². The Morgan fingerprint density at radius 2 is 1.88 bits per heavy atom. The maximum atomic E-state index is 11.4. The Balaban J connectivity index is 2.71. The summed E-state index contributed by atoms with van der Waals surface area (Å²) >= 11 is 0. The molecule has 0 spiro atoms. The number of aliphatic imine (C=N–C) groups is 1. The number of benzene rings is 1. The van der Waals surface area contributed by atoms with E-state index >= 15 is 0 Å². The summed E-state index contributed by atoms with van der Waals surface area (Å²) in [5.41, 5.74) is 16.6. The summed E-state index contributed by atoms with van der Waals surface area (Å²) in [5, 5.41) is 0. The number of guanidine groups is 1. The van der Waals surface area contributed by atoms with Crippen LogP contribution in [-0.4, -0.2) is 25.1 Å². The third-order valence-electron chi connectivity index (χ3n) is 1.71. The molecule has 6 heteroatoms. The van der Waals surface area contributed by atoms with Crippen LogP contribution in [0.25, 0.3) is 0 Å². The topological polar surface area (TPSA) is 117 Å². The standard InChI is InChI=1S/C10H14N4O2/c11-5-6-16-9(15)7-1-3-8(4-2-7)14-10(12)13/h1-4H,5-6,11H2,(H4,12,13,14). The number of rotatable bonds is 4. The molecule has 1 rings (SSSR count). The second kappa shape index (κ2) is 5.72. The van der Waals surface area contributed by atoms with Gasteiger partial charge in [-0.2, -0.15) is 0 Å². The molecule has 0 heterocycles. The van der Waals surface area contributed by atoms with Crippen LogP contribution in [0.5, 0.6) is 0 Å². The monoisotopic (exact) mass is 222 g/mol. The van der Waals surface area contributed by atoms with Gasteiger partial charge in [-0.05, 0) is 24.3 Å². The van der Waals surface area contributed by atoms with E-state index in [4.69, 9.17) is 21.9 Å². The fraction of sp³-hybridized carbons (Fsp3) is 0.200. The number of esters is 1. The largest absolute Gasteiger partial charge is 0.461 e. The van der Waals surface area contributed by atoms with Crippen LogP contribution >= 0.6 is 0 Å². The summed E-state index contributed by atoms with van der Waals surface area (Å²) in [5.74, 6) is -0.444. The van der Waals surface area contributed by atoms with Crippen molar-refractivity contribution in [2.45, 2.75) is 0 Å². The zero-order chi connectivity index (χ0) is 12.0. The van der Waals surface area contributed by atoms with Crippen molar-refractivity contribution in [3.8, 4) is 0 Å². The molecule has 0 unspecified atom stereocenters. The molecule has 0 amide bonds. The first-order valence-corrected chi connectivity index (χ1v) is 4.70. The highest BCUT2D eigenvalue weighted by Crippen LogP contribution is 2.13. The number of carbonyl (C=O) groups excluding carboxylic acids is 1. The molecule has 1 aromatic carbocycles. The predicted octanol–water partition coefficient (Wildman–Crippen LogP) is -0.293. The Kier molecular flexibility index (Phi) is 4.28. The lowest BCUT2D eigenvalue weighted by Crippen LogP contribution is -2.21. The van der Waals surface area contributed by atoms with E-state index in [0.29, 0.717) is 17.8 Å². The highest BCUT2D eigenvalue weighted by molar-refractivity contribution is 5.90. The first-order valence-electron chi connectivity index (χ1n) is 4.70. The SMILES string of the molecule is NCCOC(=O)c1ccc(N=C(N)N)cc1. The average Bonchev–Trinajstić information content (AvgIpc) is 2.26. The lowest BCUT2D eigenvalue weighted by Gasteiger charge is -2.02. The summed E-state index contributed by atoms with van der Waals surface area (Å²) in [7, 11) is 0. The van der Waals surface area contributed by atoms with Crippen molar-refractivity contribution in [1.29, 1.82) is 0 Å². The number of nitrogens with zero attached hydrogens (tertiary/aromatic N) is 1. The Hall–Kier alpha value is -2.08. The Bertz CT molecular complexity index is 382. The molecule has 0 atom stereocenters. The molecule has 16 heavy (non-hydrogen) atoms. The third-order valence-corrected chi connectivity index (χ3v) is 1.71. The molecular weight excluding hydrogens is 208 g/mol. The van der Waals surface area contributed by atoms with Crippen molar-refractivity contribution in [1.82, 2.24) is 0 Å². The van der Waals surface area contributed by atoms with E-state index in [1.807, 2.05) is 0 Å². The van der Waals surface area contributed by atoms with Gasteiger partial charge < -0.3 is 21.9 Å². The molecule has 0 aromatic heterocycles. The van der Waals surface area contributed by atoms with Gasteiger partial charge in [0, 0.05) is 6.54 Å². The Labute approximate surface area is 93.1 Å². The summed E-state index contributed by atoms with van der Waals surface area (Å²) in [6, 6.07) is 6.42. The van der Waals surface area contributed by atoms with E-state index in [0.717, 1.165) is 0 Å². The molecule has 0 aliphatic rings. The molecule has 0 fully saturated rings. The lowest BCUT2D eigenvalue weighted by molar-refractivity contribution is 0.0517. The Morgan fingerprint density at radius 1 is 1.25 bits per heavy atom. The third kappa shape index (κ3) is 3.58. The van der Waals surface area contributed by atoms with E-state index in [9.17, 15) is 4.79 Å². The van der Waals surface area contributed by atoms with Gasteiger partial charge in [0.2, 0.25) is 0 Å². The minimum absolute atomic E-state index is 0.0292. The van der Waals surface area contributed by atoms with Crippen molar-refractivity contribution in [3.63, 3.8) is 0 Å². The second-order valence-electron chi connectivity index (χ2n) is 3.01. The molecule has 0 saturated heterocycles. The predicted molar refractivity (Wildman–Crippen MR) is 61.2 cm³/mol. The molecule has 0 radical (unpaired) electrons. The highest BCUT2D eigenvalue weighted by atomic mass is 16.5. The van der Waals surface area contributed by atoms with Crippen LogP contribution in [0.1, 0.15) is 10.4 Å². The fourth-order valence-corrected chi connectivity index (χ4v) is 1.06. The smallest absolute Gasteiger partial charge is 0.338 e. The van der Waals surface area contributed by atoms with Gasteiger partial charge >= 0.3 is 5.97 Å². The van der Waals surface area contributed by atoms with E-state index in [2.05, 4.69) is 4.99 Å². The molecular formula is C10H14N4O2. The summed E-state index contributed by atoms with van der Waals surface area (Å²) in [4.78, 5) is 15.2. The Morgan fingerprint density at radius 3 is 2.38 bits per heavy atom. The number of ether oxygens (including phenoxy) is 1. The van der Waals surface area contributed by atoms with E-state index in [-0.39, 0.29) is 12.6 Å². The zero-order valence-corrected chi connectivity index (χ0v) is 8.72. The van der Waals surface area contributed by atoms with Gasteiger partial charge in [0.15, 0.2) is 5.96 Å². The molecule has 0 saturated carbocycles. The number of carbonyl (C=O) groups is 1. The number of nitrogens with two attached hydrogens (primary N) is 3. The summed E-state index contributed by atoms with van der Waals surface area (Å²) in [6.07, 6.45) is 0. The molecule has 1 aromatic rings. The van der Waals surface area contributed by atoms with E-state index in [1.165, 1.54) is 0 Å². The average molecular weight is 222 g/mol. The summed E-state index contributed by atoms with van der Waals surface area (Å²) in [6.45, 7) is 0.506. The van der Waals surface area contributed by atoms with Gasteiger partial charge in [-0.25, -0.2) is 9.79 Å². The number of hydrogen-bond acceptors (Lipinski definition) is 4. The van der Waals surface area contributed by atoms with Crippen LogP contribution in [0.3, 0.4) is 0 Å². The second-order valence-corrected chi connectivity index (χ2v) is 3.01. The molecule has 6 N–H and O–H groups in total. The van der Waals surface area contributed by atoms with Crippen LogP contribution in [0.2, 0.25) is 0 Å². The van der Waals surface area contributed by atoms with Crippen LogP contribution in [0.15, 0.2) is 29.3 Å². The molecule has 0 bridgehead atoms. The minimum atomic E-state index is -0.415. The van der Waals surface area contributed by atoms with Crippen molar-refractivity contribution < 1.29 is 9.53 Å². The van der Waals surface area contributed by atoms with Gasteiger partial charge in [0.05, 0.1) is 11.3 Å². The van der Waals surface area contributed by atoms with Crippen LogP contribution < -0.4 is 17.2 Å². The van der Waals surface area contributed by atoms with Gasteiger partial charge in [-0.15, -0.1) is 0 Å². The van der Waals surface area contributed by atoms with Crippen molar-refractivity contribution >= 4 is 17.6 Å². The maximum absolute atomic E-state index is 11.4. The van der Waals surface area contributed by atoms with Gasteiger partial charge in [-0.3, -0.25) is 0 Å². The highest BCUT2D eigenvalue weighted by Gasteiger charge is 2.05. The van der Waals surface area contributed by atoms with E-state index < -0.39 is 5.97 Å². The van der Waals surface area contributed by atoms with Crippen LogP contribution in [0, 0.1) is 0 Å². The first-order chi connectivity index (χ1) is 7.63. The lowest BCUT2D eigenvalue weighted by atomic mass is 10.2. The normalized spacial score (nSPS) is 9.56. The van der Waals surface area contributed by atoms with Crippen molar-refractivity contribution in [2.24, 2.45) is 22.2 Å². The van der Waals surface area contributed by atoms with Crippen molar-refractivity contribution in [2.75, 3.05) is 13.2 Å². The van der Waals surface area contributed by atoms with Crippen LogP contribution in [0.4, 0.5) is 5.69 Å². The van der Waals surface area contributed by atoms with Gasteiger partial charge in [0.25, 0.3) is 0 Å². The summed E-state index contributed by atoms with van der Waals surface area (Å²) < 4.78 is 4.85. The van der Waals surface area contributed by atoms with Crippen molar-refractivity contribution in [3.05, 3.63) is 29.8 Å². The first kappa shape index (κ1) is 12.0. The maximum Gasteiger partial charge on any atom is 0.338 e. The fourth-order valence-electron chi connectivity index (χ4n) is 1.06. The molecule has 0 aliphatic heterocycles. The molecule has 0 aliphatic carbocycles.